The molecule has 4 aromatic rings. The third-order valence-corrected chi connectivity index (χ3v) is 5.73. The fourth-order valence-corrected chi connectivity index (χ4v) is 3.69. The largest absolute Gasteiger partial charge is 0.490 e. The second-order valence-corrected chi connectivity index (χ2v) is 8.40. The zero-order valence-electron chi connectivity index (χ0n) is 20.4. The molecule has 0 atom stereocenters. The predicted molar refractivity (Wildman–Crippen MR) is 146 cm³/mol. The van der Waals surface area contributed by atoms with Gasteiger partial charge in [-0.1, -0.05) is 72.3 Å². The normalized spacial score (nSPS) is 10.8. The Labute approximate surface area is 221 Å². The molecule has 1 N–H and O–H groups in total. The zero-order chi connectivity index (χ0) is 25.9. The Hall–Kier alpha value is -4.29. The van der Waals surface area contributed by atoms with Gasteiger partial charge >= 0.3 is 0 Å². The van der Waals surface area contributed by atoms with E-state index in [1.807, 2.05) is 73.7 Å². The Balaban J connectivity index is 1.39. The van der Waals surface area contributed by atoms with Gasteiger partial charge in [0.15, 0.2) is 11.5 Å². The van der Waals surface area contributed by atoms with Crippen molar-refractivity contribution in [2.75, 3.05) is 6.61 Å². The van der Waals surface area contributed by atoms with E-state index in [0.29, 0.717) is 47.7 Å². The van der Waals surface area contributed by atoms with Gasteiger partial charge in [0, 0.05) is 10.6 Å². The van der Waals surface area contributed by atoms with Crippen LogP contribution in [0.3, 0.4) is 0 Å². The van der Waals surface area contributed by atoms with E-state index in [9.17, 15) is 4.79 Å². The third kappa shape index (κ3) is 7.35. The van der Waals surface area contributed by atoms with Gasteiger partial charge in [0.2, 0.25) is 0 Å². The number of benzene rings is 4. The van der Waals surface area contributed by atoms with Crippen LogP contribution < -0.4 is 19.6 Å². The number of hydrogen-bond acceptors (Lipinski definition) is 5. The lowest BCUT2D eigenvalue weighted by molar-refractivity contribution is 0.0950. The number of halogens is 1. The summed E-state index contributed by atoms with van der Waals surface area (Å²) < 4.78 is 17.6. The first-order valence-corrected chi connectivity index (χ1v) is 12.2. The van der Waals surface area contributed by atoms with Gasteiger partial charge in [-0.3, -0.25) is 4.79 Å². The van der Waals surface area contributed by atoms with E-state index in [4.69, 9.17) is 25.8 Å². The lowest BCUT2D eigenvalue weighted by atomic mass is 10.2. The summed E-state index contributed by atoms with van der Waals surface area (Å²) in [6.45, 7) is 3.05. The highest BCUT2D eigenvalue weighted by Gasteiger charge is 2.12. The Kier molecular flexibility index (Phi) is 9.16. The minimum absolute atomic E-state index is 0.314. The second-order valence-electron chi connectivity index (χ2n) is 7.99. The smallest absolute Gasteiger partial charge is 0.275 e. The Morgan fingerprint density at radius 2 is 1.54 bits per heavy atom. The molecule has 0 saturated carbocycles. The number of hydrogen-bond donors (Lipinski definition) is 1. The summed E-state index contributed by atoms with van der Waals surface area (Å²) in [5, 5.41) is 4.76. The molecule has 188 valence electrons. The van der Waals surface area contributed by atoms with Crippen molar-refractivity contribution in [3.8, 4) is 17.2 Å². The summed E-state index contributed by atoms with van der Waals surface area (Å²) in [6, 6.07) is 29.8. The van der Waals surface area contributed by atoms with Crippen LogP contribution >= 0.6 is 11.6 Å². The summed E-state index contributed by atoms with van der Waals surface area (Å²) in [4.78, 5) is 12.8. The van der Waals surface area contributed by atoms with Crippen molar-refractivity contribution in [3.05, 3.63) is 124 Å². The quantitative estimate of drug-likeness (QED) is 0.179. The van der Waals surface area contributed by atoms with Crippen LogP contribution in [-0.4, -0.2) is 18.7 Å². The molecule has 7 heteroatoms. The fourth-order valence-electron chi connectivity index (χ4n) is 3.50. The molecular weight excluding hydrogens is 488 g/mol. The van der Waals surface area contributed by atoms with Gasteiger partial charge in [-0.2, -0.15) is 5.10 Å². The second kappa shape index (κ2) is 13.1. The number of ether oxygens (including phenoxy) is 3. The Morgan fingerprint density at radius 3 is 2.35 bits per heavy atom. The summed E-state index contributed by atoms with van der Waals surface area (Å²) in [6.07, 6.45) is 1.55. The number of rotatable bonds is 11. The average Bonchev–Trinajstić information content (AvgIpc) is 2.93. The number of para-hydroxylation sites is 1. The van der Waals surface area contributed by atoms with Crippen LogP contribution in [0.1, 0.15) is 34.0 Å². The number of hydrazone groups is 1. The number of amides is 1. The number of nitrogens with one attached hydrogen (secondary N) is 1. The van der Waals surface area contributed by atoms with Crippen molar-refractivity contribution in [1.82, 2.24) is 5.43 Å². The maximum atomic E-state index is 12.8. The molecule has 4 rings (SSSR count). The molecule has 0 bridgehead atoms. The van der Waals surface area contributed by atoms with Gasteiger partial charge < -0.3 is 14.2 Å². The van der Waals surface area contributed by atoms with Crippen LogP contribution in [-0.2, 0) is 13.2 Å². The molecule has 0 aromatic heterocycles. The Morgan fingerprint density at radius 1 is 0.811 bits per heavy atom. The molecule has 37 heavy (non-hydrogen) atoms. The van der Waals surface area contributed by atoms with Crippen LogP contribution in [0.2, 0.25) is 5.02 Å². The lowest BCUT2D eigenvalue weighted by Crippen LogP contribution is -2.18. The molecule has 0 fully saturated rings. The fraction of sp³-hybridized carbons (Fsp3) is 0.133. The lowest BCUT2D eigenvalue weighted by Gasteiger charge is -2.13. The van der Waals surface area contributed by atoms with E-state index in [1.54, 1.807) is 36.5 Å². The monoisotopic (exact) mass is 514 g/mol. The van der Waals surface area contributed by atoms with E-state index in [0.717, 1.165) is 16.7 Å². The van der Waals surface area contributed by atoms with Gasteiger partial charge in [0.1, 0.15) is 19.0 Å². The number of carbonyl (C=O) groups is 1. The first-order valence-electron chi connectivity index (χ1n) is 11.9. The molecule has 0 aliphatic carbocycles. The molecule has 0 unspecified atom stereocenters. The maximum Gasteiger partial charge on any atom is 0.275 e. The topological polar surface area (TPSA) is 69.2 Å². The maximum absolute atomic E-state index is 12.8. The summed E-state index contributed by atoms with van der Waals surface area (Å²) in [5.74, 6) is 1.28. The molecule has 0 saturated heterocycles. The van der Waals surface area contributed by atoms with E-state index in [1.165, 1.54) is 0 Å². The first kappa shape index (κ1) is 25.8. The van der Waals surface area contributed by atoms with E-state index in [2.05, 4.69) is 10.5 Å². The molecule has 4 aromatic carbocycles. The molecule has 0 heterocycles. The van der Waals surface area contributed by atoms with Crippen LogP contribution in [0.5, 0.6) is 17.2 Å². The highest BCUT2D eigenvalue weighted by Crippen LogP contribution is 2.29. The number of carbonyl (C=O) groups excluding carboxylic acids is 1. The van der Waals surface area contributed by atoms with Crippen molar-refractivity contribution < 1.29 is 19.0 Å². The molecule has 0 aliphatic rings. The SMILES string of the molecule is CCOc1cc(/C=N/NC(=O)c2ccccc2OCc2ccccc2)ccc1OCc1ccccc1Cl. The number of nitrogens with zero attached hydrogens (tertiary/aromatic N) is 1. The molecule has 0 aliphatic heterocycles. The highest BCUT2D eigenvalue weighted by atomic mass is 35.5. The predicted octanol–water partition coefficient (Wildman–Crippen LogP) is 6.66. The average molecular weight is 515 g/mol. The van der Waals surface area contributed by atoms with Crippen molar-refractivity contribution >= 4 is 23.7 Å². The van der Waals surface area contributed by atoms with Gasteiger partial charge in [-0.15, -0.1) is 0 Å². The first-order chi connectivity index (χ1) is 18.1. The minimum atomic E-state index is -0.371. The Bertz CT molecular complexity index is 1360. The van der Waals surface area contributed by atoms with E-state index >= 15 is 0 Å². The van der Waals surface area contributed by atoms with Crippen LogP contribution in [0.15, 0.2) is 102 Å². The third-order valence-electron chi connectivity index (χ3n) is 5.36. The minimum Gasteiger partial charge on any atom is -0.490 e. The van der Waals surface area contributed by atoms with Crippen molar-refractivity contribution in [1.29, 1.82) is 0 Å². The van der Waals surface area contributed by atoms with Crippen molar-refractivity contribution in [3.63, 3.8) is 0 Å². The van der Waals surface area contributed by atoms with Crippen LogP contribution in [0, 0.1) is 0 Å². The van der Waals surface area contributed by atoms with Gasteiger partial charge in [-0.25, -0.2) is 5.43 Å². The molecule has 0 spiro atoms. The molecule has 0 radical (unpaired) electrons. The summed E-state index contributed by atoms with van der Waals surface area (Å²) in [5.41, 5.74) is 5.60. The van der Waals surface area contributed by atoms with Crippen molar-refractivity contribution in [2.45, 2.75) is 20.1 Å². The van der Waals surface area contributed by atoms with E-state index in [-0.39, 0.29) is 5.91 Å². The van der Waals surface area contributed by atoms with Crippen LogP contribution in [0.4, 0.5) is 0 Å². The molecule has 6 nitrogen and oxygen atoms in total. The summed E-state index contributed by atoms with van der Waals surface area (Å²) >= 11 is 6.23. The van der Waals surface area contributed by atoms with Crippen LogP contribution in [0.25, 0.3) is 0 Å². The molecular formula is C30H27ClN2O4. The highest BCUT2D eigenvalue weighted by molar-refractivity contribution is 6.31. The van der Waals surface area contributed by atoms with Gasteiger partial charge in [-0.05, 0) is 54.4 Å². The van der Waals surface area contributed by atoms with Gasteiger partial charge in [0.25, 0.3) is 5.91 Å². The standard InChI is InChI=1S/C30H27ClN2O4/c1-2-35-29-18-23(16-17-28(29)37-21-24-12-6-8-14-26(24)31)19-32-33-30(34)25-13-7-9-15-27(25)36-20-22-10-4-3-5-11-22/h3-19H,2,20-21H2,1H3,(H,33,34)/b32-19+. The summed E-state index contributed by atoms with van der Waals surface area (Å²) in [7, 11) is 0. The van der Waals surface area contributed by atoms with Crippen molar-refractivity contribution in [2.24, 2.45) is 5.10 Å². The zero-order valence-corrected chi connectivity index (χ0v) is 21.2. The molecule has 1 amide bonds. The van der Waals surface area contributed by atoms with Gasteiger partial charge in [0.05, 0.1) is 18.4 Å². The van der Waals surface area contributed by atoms with E-state index < -0.39 is 0 Å².